The van der Waals surface area contributed by atoms with E-state index >= 15 is 0 Å². The van der Waals surface area contributed by atoms with Crippen LogP contribution < -0.4 is 4.72 Å². The van der Waals surface area contributed by atoms with Crippen molar-refractivity contribution >= 4 is 21.8 Å². The van der Waals surface area contributed by atoms with Gasteiger partial charge in [-0.05, 0) is 24.8 Å². The van der Waals surface area contributed by atoms with E-state index in [-0.39, 0.29) is 29.2 Å². The Bertz CT molecular complexity index is 998. The molecule has 1 atom stereocenters. The number of nitrogens with one attached hydrogen (secondary N) is 1. The van der Waals surface area contributed by atoms with Gasteiger partial charge >= 0.3 is 5.97 Å². The van der Waals surface area contributed by atoms with Crippen LogP contribution in [0.2, 0.25) is 0 Å². The highest BCUT2D eigenvalue weighted by Gasteiger charge is 2.22. The van der Waals surface area contributed by atoms with E-state index in [1.807, 2.05) is 12.1 Å². The summed E-state index contributed by atoms with van der Waals surface area (Å²) in [5.74, 6) is -0.423. The van der Waals surface area contributed by atoms with Crippen LogP contribution in [0, 0.1) is 6.92 Å². The Morgan fingerprint density at radius 1 is 1.20 bits per heavy atom. The van der Waals surface area contributed by atoms with Crippen LogP contribution >= 0.6 is 0 Å². The van der Waals surface area contributed by atoms with Gasteiger partial charge in [0.1, 0.15) is 5.82 Å². The van der Waals surface area contributed by atoms with Crippen LogP contribution in [0.1, 0.15) is 55.9 Å². The first-order valence-corrected chi connectivity index (χ1v) is 11.1. The molecule has 1 N–H and O–H groups in total. The highest BCUT2D eigenvalue weighted by atomic mass is 32.2. The molecule has 9 heteroatoms. The van der Waals surface area contributed by atoms with Gasteiger partial charge in [0, 0.05) is 25.4 Å². The van der Waals surface area contributed by atoms with Crippen molar-refractivity contribution in [1.82, 2.24) is 14.3 Å². The van der Waals surface area contributed by atoms with Gasteiger partial charge in [0.15, 0.2) is 11.1 Å². The maximum Gasteiger partial charge on any atom is 0.307 e. The summed E-state index contributed by atoms with van der Waals surface area (Å²) in [5.41, 5.74) is 1.52. The zero-order valence-corrected chi connectivity index (χ0v) is 19.0. The molecule has 0 bridgehead atoms. The third-order valence-corrected chi connectivity index (χ3v) is 6.03. The van der Waals surface area contributed by atoms with Crippen LogP contribution in [0.3, 0.4) is 0 Å². The second-order valence-electron chi connectivity index (χ2n) is 8.21. The van der Waals surface area contributed by atoms with Gasteiger partial charge in [-0.2, -0.15) is 0 Å². The van der Waals surface area contributed by atoms with Crippen molar-refractivity contribution < 1.29 is 22.7 Å². The molecular weight excluding hydrogens is 406 g/mol. The molecule has 2 rings (SSSR count). The fourth-order valence-corrected chi connectivity index (χ4v) is 3.76. The number of Topliss-reactive ketones (excluding diaryl/α,β-unsaturated/α-hetero) is 1. The summed E-state index contributed by atoms with van der Waals surface area (Å²) in [6.07, 6.45) is 0.223. The summed E-state index contributed by atoms with van der Waals surface area (Å²) in [5, 5.41) is -0.113. The van der Waals surface area contributed by atoms with Gasteiger partial charge in [0.05, 0.1) is 6.42 Å². The number of aryl methyl sites for hydroxylation is 2. The summed E-state index contributed by atoms with van der Waals surface area (Å²) in [6, 6.07) is 7.21. The van der Waals surface area contributed by atoms with E-state index in [9.17, 15) is 18.0 Å². The number of esters is 1. The minimum absolute atomic E-state index is 0.0268. The van der Waals surface area contributed by atoms with Gasteiger partial charge in [0.25, 0.3) is 10.0 Å². The summed E-state index contributed by atoms with van der Waals surface area (Å²) < 4.78 is 33.5. The number of ketones is 1. The fraction of sp³-hybridized carbons (Fsp3) is 0.476. The van der Waals surface area contributed by atoms with Gasteiger partial charge in [-0.3, -0.25) is 9.59 Å². The average Bonchev–Trinajstić information content (AvgIpc) is 3.00. The highest BCUT2D eigenvalue weighted by Crippen LogP contribution is 2.22. The molecule has 1 aromatic heterocycles. The van der Waals surface area contributed by atoms with Crippen molar-refractivity contribution in [2.24, 2.45) is 7.05 Å². The molecule has 0 aliphatic rings. The van der Waals surface area contributed by atoms with E-state index in [4.69, 9.17) is 4.74 Å². The summed E-state index contributed by atoms with van der Waals surface area (Å²) in [6.45, 7) is 9.27. The summed E-state index contributed by atoms with van der Waals surface area (Å²) in [7, 11) is -2.13. The number of imidazole rings is 1. The molecule has 0 spiro atoms. The summed E-state index contributed by atoms with van der Waals surface area (Å²) >= 11 is 0. The molecule has 0 fully saturated rings. The van der Waals surface area contributed by atoms with Crippen LogP contribution in [0.25, 0.3) is 0 Å². The third-order valence-electron chi connectivity index (χ3n) is 4.70. The maximum absolute atomic E-state index is 12.5. The van der Waals surface area contributed by atoms with Crippen molar-refractivity contribution in [2.45, 2.75) is 57.6 Å². The minimum Gasteiger partial charge on any atom is -0.454 e. The van der Waals surface area contributed by atoms with E-state index in [1.165, 1.54) is 13.1 Å². The average molecular weight is 436 g/mol. The standard InChI is InChI=1S/C21H29N3O5S/c1-14(20(26)16-7-9-17(10-8-16)21(3,4)5)29-19(25)11-12-22-30(27,28)18-13-24(6)15(2)23-18/h7-10,13-14,22H,11-12H2,1-6H3. The lowest BCUT2D eigenvalue weighted by Crippen LogP contribution is -2.29. The molecule has 8 nitrogen and oxygen atoms in total. The fourth-order valence-electron chi connectivity index (χ4n) is 2.70. The van der Waals surface area contributed by atoms with Crippen molar-refractivity contribution in [2.75, 3.05) is 6.54 Å². The zero-order chi connectivity index (χ0) is 22.7. The molecule has 0 aliphatic carbocycles. The number of ether oxygens (including phenoxy) is 1. The van der Waals surface area contributed by atoms with E-state index in [0.29, 0.717) is 11.4 Å². The van der Waals surface area contributed by atoms with Gasteiger partial charge < -0.3 is 9.30 Å². The zero-order valence-electron chi connectivity index (χ0n) is 18.2. The lowest BCUT2D eigenvalue weighted by Gasteiger charge is -2.19. The Kier molecular flexibility index (Phi) is 7.20. The number of hydrogen-bond acceptors (Lipinski definition) is 6. The Labute approximate surface area is 177 Å². The second kappa shape index (κ2) is 9.09. The molecule has 2 aromatic rings. The predicted molar refractivity (Wildman–Crippen MR) is 113 cm³/mol. The highest BCUT2D eigenvalue weighted by molar-refractivity contribution is 7.89. The van der Waals surface area contributed by atoms with E-state index in [2.05, 4.69) is 30.5 Å². The topological polar surface area (TPSA) is 107 Å². The number of rotatable bonds is 8. The SMILES string of the molecule is Cc1nc(S(=O)(=O)NCCC(=O)OC(C)C(=O)c2ccc(C(C)(C)C)cc2)cn1C. The summed E-state index contributed by atoms with van der Waals surface area (Å²) in [4.78, 5) is 28.5. The minimum atomic E-state index is -3.82. The molecule has 0 saturated carbocycles. The molecule has 0 radical (unpaired) electrons. The van der Waals surface area contributed by atoms with Crippen LogP contribution in [-0.4, -0.2) is 42.4 Å². The normalized spacial score (nSPS) is 13.1. The quantitative estimate of drug-likeness (QED) is 0.504. The van der Waals surface area contributed by atoms with Crippen LogP contribution in [-0.2, 0) is 32.0 Å². The lowest BCUT2D eigenvalue weighted by molar-refractivity contribution is -0.146. The number of carbonyl (C=O) groups is 2. The maximum atomic E-state index is 12.5. The van der Waals surface area contributed by atoms with Gasteiger partial charge in [0.2, 0.25) is 5.78 Å². The molecular formula is C21H29N3O5S. The number of sulfonamides is 1. The number of hydrogen-bond donors (Lipinski definition) is 1. The Morgan fingerprint density at radius 3 is 2.30 bits per heavy atom. The molecule has 0 amide bonds. The first kappa shape index (κ1) is 23.8. The smallest absolute Gasteiger partial charge is 0.307 e. The van der Waals surface area contributed by atoms with E-state index < -0.39 is 22.1 Å². The van der Waals surface area contributed by atoms with Gasteiger partial charge in [-0.25, -0.2) is 18.1 Å². The molecule has 1 aromatic carbocycles. The molecule has 0 aliphatic heterocycles. The predicted octanol–water partition coefficient (Wildman–Crippen LogP) is 2.51. The van der Waals surface area contributed by atoms with Crippen molar-refractivity contribution in [3.63, 3.8) is 0 Å². The third kappa shape index (κ3) is 5.99. The Morgan fingerprint density at radius 2 is 1.80 bits per heavy atom. The van der Waals surface area contributed by atoms with Crippen molar-refractivity contribution in [3.8, 4) is 0 Å². The molecule has 1 heterocycles. The van der Waals surface area contributed by atoms with E-state index in [0.717, 1.165) is 5.56 Å². The largest absolute Gasteiger partial charge is 0.454 e. The molecule has 164 valence electrons. The van der Waals surface area contributed by atoms with Crippen molar-refractivity contribution in [3.05, 3.63) is 47.4 Å². The van der Waals surface area contributed by atoms with Crippen LogP contribution in [0.15, 0.2) is 35.5 Å². The number of aromatic nitrogens is 2. The van der Waals surface area contributed by atoms with Crippen LogP contribution in [0.4, 0.5) is 0 Å². The van der Waals surface area contributed by atoms with Crippen molar-refractivity contribution in [1.29, 1.82) is 0 Å². The monoisotopic (exact) mass is 435 g/mol. The lowest BCUT2D eigenvalue weighted by atomic mass is 9.86. The number of benzene rings is 1. The Hall–Kier alpha value is -2.52. The number of carbonyl (C=O) groups excluding carboxylic acids is 2. The molecule has 30 heavy (non-hydrogen) atoms. The Balaban J connectivity index is 1.87. The van der Waals surface area contributed by atoms with Gasteiger partial charge in [-0.1, -0.05) is 45.0 Å². The van der Waals surface area contributed by atoms with E-state index in [1.54, 1.807) is 30.7 Å². The van der Waals surface area contributed by atoms with Crippen LogP contribution in [0.5, 0.6) is 0 Å². The first-order valence-electron chi connectivity index (χ1n) is 9.65. The second-order valence-corrected chi connectivity index (χ2v) is 9.92. The number of nitrogens with zero attached hydrogens (tertiary/aromatic N) is 2. The molecule has 0 saturated heterocycles. The van der Waals surface area contributed by atoms with Gasteiger partial charge in [-0.15, -0.1) is 0 Å². The first-order chi connectivity index (χ1) is 13.8. The molecule has 1 unspecified atom stereocenters.